The van der Waals surface area contributed by atoms with Crippen LogP contribution in [-0.4, -0.2) is 38.2 Å². The maximum absolute atomic E-state index is 11.1. The van der Waals surface area contributed by atoms with Crippen molar-refractivity contribution in [1.29, 1.82) is 0 Å². The van der Waals surface area contributed by atoms with Gasteiger partial charge >= 0.3 is 5.97 Å². The molecular weight excluding hydrogens is 260 g/mol. The molecule has 0 aromatic heterocycles. The van der Waals surface area contributed by atoms with Gasteiger partial charge in [0.1, 0.15) is 18.5 Å². The molecule has 0 N–H and O–H groups in total. The van der Waals surface area contributed by atoms with E-state index in [-0.39, 0.29) is 18.5 Å². The first-order chi connectivity index (χ1) is 9.48. The van der Waals surface area contributed by atoms with Crippen molar-refractivity contribution in [2.24, 2.45) is 0 Å². The third-order valence-corrected chi connectivity index (χ3v) is 3.00. The Hall–Kier alpha value is -1.59. The zero-order valence-corrected chi connectivity index (χ0v) is 12.0. The van der Waals surface area contributed by atoms with Gasteiger partial charge in [-0.25, -0.2) is 0 Å². The van der Waals surface area contributed by atoms with Crippen LogP contribution in [0.3, 0.4) is 0 Å². The Labute approximate surface area is 118 Å². The minimum Gasteiger partial charge on any atom is -0.491 e. The lowest BCUT2D eigenvalue weighted by molar-refractivity contribution is -0.141. The van der Waals surface area contributed by atoms with Gasteiger partial charge < -0.3 is 18.9 Å². The molecule has 1 aliphatic heterocycles. The maximum Gasteiger partial charge on any atom is 0.309 e. The third-order valence-electron chi connectivity index (χ3n) is 3.00. The average molecular weight is 280 g/mol. The Bertz CT molecular complexity index is 452. The van der Waals surface area contributed by atoms with Crippen molar-refractivity contribution in [2.75, 3.05) is 20.3 Å². The van der Waals surface area contributed by atoms with E-state index in [1.165, 1.54) is 7.11 Å². The predicted molar refractivity (Wildman–Crippen MR) is 72.6 cm³/mol. The minimum atomic E-state index is -0.529. The van der Waals surface area contributed by atoms with E-state index in [1.807, 2.05) is 38.1 Å². The molecule has 1 atom stereocenters. The van der Waals surface area contributed by atoms with E-state index in [1.54, 1.807) is 0 Å². The molecule has 0 bridgehead atoms. The van der Waals surface area contributed by atoms with E-state index in [9.17, 15) is 4.79 Å². The average Bonchev–Trinajstić information content (AvgIpc) is 2.77. The Morgan fingerprint density at radius 2 is 2.05 bits per heavy atom. The van der Waals surface area contributed by atoms with Gasteiger partial charge in [0, 0.05) is 0 Å². The third kappa shape index (κ3) is 4.21. The van der Waals surface area contributed by atoms with Crippen LogP contribution >= 0.6 is 0 Å². The quantitative estimate of drug-likeness (QED) is 0.771. The molecule has 1 unspecified atom stereocenters. The second-order valence-corrected chi connectivity index (χ2v) is 5.16. The van der Waals surface area contributed by atoms with Crippen molar-refractivity contribution in [1.82, 2.24) is 0 Å². The van der Waals surface area contributed by atoms with Gasteiger partial charge in [0.05, 0.1) is 20.1 Å². The van der Waals surface area contributed by atoms with Crippen LogP contribution < -0.4 is 4.74 Å². The molecule has 20 heavy (non-hydrogen) atoms. The zero-order chi connectivity index (χ0) is 14.6. The van der Waals surface area contributed by atoms with E-state index < -0.39 is 5.79 Å². The number of carbonyl (C=O) groups excluding carboxylic acids is 1. The molecule has 1 aliphatic rings. The van der Waals surface area contributed by atoms with Crippen molar-refractivity contribution < 1.29 is 23.7 Å². The van der Waals surface area contributed by atoms with Crippen LogP contribution in [0, 0.1) is 0 Å². The fourth-order valence-corrected chi connectivity index (χ4v) is 1.98. The highest BCUT2D eigenvalue weighted by molar-refractivity contribution is 5.72. The summed E-state index contributed by atoms with van der Waals surface area (Å²) >= 11 is 0. The summed E-state index contributed by atoms with van der Waals surface area (Å²) in [7, 11) is 1.38. The molecule has 1 fully saturated rings. The molecule has 110 valence electrons. The predicted octanol–water partition coefficient (Wildman–Crippen LogP) is 1.93. The summed E-state index contributed by atoms with van der Waals surface area (Å²) in [5.74, 6) is -0.0393. The van der Waals surface area contributed by atoms with Gasteiger partial charge in [0.15, 0.2) is 5.79 Å². The van der Waals surface area contributed by atoms with Gasteiger partial charge in [-0.05, 0) is 31.5 Å². The largest absolute Gasteiger partial charge is 0.491 e. The van der Waals surface area contributed by atoms with Crippen molar-refractivity contribution in [3.05, 3.63) is 29.8 Å². The van der Waals surface area contributed by atoms with Gasteiger partial charge in [0.25, 0.3) is 0 Å². The summed E-state index contributed by atoms with van der Waals surface area (Å²) in [6.07, 6.45) is 0.213. The van der Waals surface area contributed by atoms with E-state index >= 15 is 0 Å². The van der Waals surface area contributed by atoms with Crippen molar-refractivity contribution in [3.63, 3.8) is 0 Å². The molecule has 1 aromatic rings. The number of benzene rings is 1. The summed E-state index contributed by atoms with van der Waals surface area (Å²) < 4.78 is 21.4. The summed E-state index contributed by atoms with van der Waals surface area (Å²) in [5.41, 5.74) is 0.894. The highest BCUT2D eigenvalue weighted by atomic mass is 16.7. The van der Waals surface area contributed by atoms with Gasteiger partial charge in [-0.1, -0.05) is 12.1 Å². The summed E-state index contributed by atoms with van der Waals surface area (Å²) in [4.78, 5) is 11.1. The fourth-order valence-electron chi connectivity index (χ4n) is 1.98. The molecule has 0 amide bonds. The van der Waals surface area contributed by atoms with E-state index in [2.05, 4.69) is 4.74 Å². The van der Waals surface area contributed by atoms with Crippen LogP contribution in [0.4, 0.5) is 0 Å². The first kappa shape index (κ1) is 14.8. The number of esters is 1. The van der Waals surface area contributed by atoms with Gasteiger partial charge in [-0.15, -0.1) is 0 Å². The first-order valence-electron chi connectivity index (χ1n) is 6.59. The van der Waals surface area contributed by atoms with Crippen molar-refractivity contribution in [2.45, 2.75) is 32.2 Å². The van der Waals surface area contributed by atoms with Gasteiger partial charge in [-0.3, -0.25) is 4.79 Å². The Morgan fingerprint density at radius 3 is 2.60 bits per heavy atom. The topological polar surface area (TPSA) is 54.0 Å². The van der Waals surface area contributed by atoms with Crippen molar-refractivity contribution in [3.8, 4) is 5.75 Å². The fraction of sp³-hybridized carbons (Fsp3) is 0.533. The van der Waals surface area contributed by atoms with E-state index in [0.29, 0.717) is 13.2 Å². The summed E-state index contributed by atoms with van der Waals surface area (Å²) in [6.45, 7) is 4.75. The molecule has 2 rings (SSSR count). The number of methoxy groups -OCH3 is 1. The highest BCUT2D eigenvalue weighted by Crippen LogP contribution is 2.23. The van der Waals surface area contributed by atoms with Crippen LogP contribution in [0.25, 0.3) is 0 Å². The van der Waals surface area contributed by atoms with Gasteiger partial charge in [0.2, 0.25) is 0 Å². The number of hydrogen-bond donors (Lipinski definition) is 0. The molecule has 0 radical (unpaired) electrons. The molecule has 5 heteroatoms. The lowest BCUT2D eigenvalue weighted by Gasteiger charge is -2.17. The smallest absolute Gasteiger partial charge is 0.309 e. The molecular formula is C15H20O5. The standard InChI is InChI=1S/C15H20O5/c1-15(2)19-10-13(20-15)9-18-12-6-4-11(5-7-12)8-14(16)17-3/h4-7,13H,8-10H2,1-3H3. The monoisotopic (exact) mass is 280 g/mol. The van der Waals surface area contributed by atoms with Crippen LogP contribution in [-0.2, 0) is 25.4 Å². The minimum absolute atomic E-state index is 0.0558. The molecule has 1 aromatic carbocycles. The number of hydrogen-bond acceptors (Lipinski definition) is 5. The van der Waals surface area contributed by atoms with Gasteiger partial charge in [-0.2, -0.15) is 0 Å². The number of rotatable bonds is 5. The molecule has 0 aliphatic carbocycles. The lowest BCUT2D eigenvalue weighted by atomic mass is 10.1. The van der Waals surface area contributed by atoms with Crippen molar-refractivity contribution >= 4 is 5.97 Å². The molecule has 0 saturated carbocycles. The Morgan fingerprint density at radius 1 is 1.35 bits per heavy atom. The Kier molecular flexibility index (Phi) is 4.62. The maximum atomic E-state index is 11.1. The highest BCUT2D eigenvalue weighted by Gasteiger charge is 2.32. The number of ether oxygens (including phenoxy) is 4. The molecule has 1 saturated heterocycles. The Balaban J connectivity index is 1.81. The van der Waals surface area contributed by atoms with E-state index in [4.69, 9.17) is 14.2 Å². The molecule has 5 nitrogen and oxygen atoms in total. The summed E-state index contributed by atoms with van der Waals surface area (Å²) in [5, 5.41) is 0. The first-order valence-corrected chi connectivity index (χ1v) is 6.59. The van der Waals surface area contributed by atoms with Crippen LogP contribution in [0.15, 0.2) is 24.3 Å². The lowest BCUT2D eigenvalue weighted by Crippen LogP contribution is -2.25. The molecule has 1 heterocycles. The number of carbonyl (C=O) groups is 1. The van der Waals surface area contributed by atoms with Crippen LogP contribution in [0.2, 0.25) is 0 Å². The second-order valence-electron chi connectivity index (χ2n) is 5.16. The van der Waals surface area contributed by atoms with Crippen LogP contribution in [0.1, 0.15) is 19.4 Å². The summed E-state index contributed by atoms with van der Waals surface area (Å²) in [6, 6.07) is 7.36. The second kappa shape index (κ2) is 6.24. The van der Waals surface area contributed by atoms with E-state index in [0.717, 1.165) is 11.3 Å². The SMILES string of the molecule is COC(=O)Cc1ccc(OCC2COC(C)(C)O2)cc1. The normalized spacial score (nSPS) is 20.6. The zero-order valence-electron chi connectivity index (χ0n) is 12.0. The van der Waals surface area contributed by atoms with Crippen LogP contribution in [0.5, 0.6) is 5.75 Å². The molecule has 0 spiro atoms.